The normalized spacial score (nSPS) is 12.9. The van der Waals surface area contributed by atoms with Crippen molar-refractivity contribution in [3.05, 3.63) is 0 Å². The molecule has 0 unspecified atom stereocenters. The Balaban J connectivity index is 4.16. The van der Waals surface area contributed by atoms with Crippen LogP contribution in [0.4, 0.5) is 0 Å². The van der Waals surface area contributed by atoms with E-state index in [1.54, 1.807) is 14.1 Å². The molecule has 0 radical (unpaired) electrons. The van der Waals surface area contributed by atoms with Crippen LogP contribution in [0.1, 0.15) is 33.6 Å². The van der Waals surface area contributed by atoms with Crippen LogP contribution in [0.5, 0.6) is 0 Å². The molecular formula is C12H29N3O2S. The first-order valence-corrected chi connectivity index (χ1v) is 8.10. The van der Waals surface area contributed by atoms with Crippen molar-refractivity contribution in [2.45, 2.75) is 33.6 Å². The van der Waals surface area contributed by atoms with Crippen LogP contribution in [0, 0.1) is 5.92 Å². The van der Waals surface area contributed by atoms with E-state index >= 15 is 0 Å². The molecule has 0 aromatic heterocycles. The summed E-state index contributed by atoms with van der Waals surface area (Å²) in [7, 11) is 0.0143. The molecule has 0 aliphatic rings. The third kappa shape index (κ3) is 6.68. The fourth-order valence-electron chi connectivity index (χ4n) is 1.51. The Morgan fingerprint density at radius 1 is 1.11 bits per heavy atom. The molecule has 110 valence electrons. The van der Waals surface area contributed by atoms with Crippen LogP contribution in [0.15, 0.2) is 0 Å². The SMILES string of the molecule is CCNCCCN(C)S(=O)(=O)N(C)CCC(C)C. The van der Waals surface area contributed by atoms with E-state index in [1.807, 2.05) is 6.92 Å². The molecule has 0 spiro atoms. The van der Waals surface area contributed by atoms with Crippen LogP contribution < -0.4 is 5.32 Å². The van der Waals surface area contributed by atoms with Crippen molar-refractivity contribution in [1.82, 2.24) is 13.9 Å². The zero-order valence-electron chi connectivity index (χ0n) is 12.4. The van der Waals surface area contributed by atoms with Gasteiger partial charge in [-0.15, -0.1) is 0 Å². The number of nitrogens with one attached hydrogen (secondary N) is 1. The third-order valence-electron chi connectivity index (χ3n) is 2.89. The molecule has 1 N–H and O–H groups in total. The number of nitrogens with zero attached hydrogens (tertiary/aromatic N) is 2. The summed E-state index contributed by atoms with van der Waals surface area (Å²) >= 11 is 0. The van der Waals surface area contributed by atoms with E-state index in [9.17, 15) is 8.42 Å². The highest BCUT2D eigenvalue weighted by atomic mass is 32.2. The lowest BCUT2D eigenvalue weighted by molar-refractivity contribution is 0.371. The van der Waals surface area contributed by atoms with Gasteiger partial charge in [0.15, 0.2) is 0 Å². The fraction of sp³-hybridized carbons (Fsp3) is 1.00. The molecule has 5 nitrogen and oxygen atoms in total. The predicted octanol–water partition coefficient (Wildman–Crippen LogP) is 1.14. The second kappa shape index (κ2) is 8.85. The van der Waals surface area contributed by atoms with E-state index in [4.69, 9.17) is 0 Å². The van der Waals surface area contributed by atoms with Crippen LogP contribution in [0.25, 0.3) is 0 Å². The van der Waals surface area contributed by atoms with Gasteiger partial charge in [-0.25, -0.2) is 0 Å². The maximum Gasteiger partial charge on any atom is 0.281 e. The van der Waals surface area contributed by atoms with E-state index in [1.165, 1.54) is 8.61 Å². The monoisotopic (exact) mass is 279 g/mol. The minimum Gasteiger partial charge on any atom is -0.317 e. The second-order valence-corrected chi connectivity index (χ2v) is 7.18. The van der Waals surface area contributed by atoms with Crippen LogP contribution >= 0.6 is 0 Å². The van der Waals surface area contributed by atoms with E-state index in [0.29, 0.717) is 19.0 Å². The summed E-state index contributed by atoms with van der Waals surface area (Å²) in [5.74, 6) is 0.515. The first-order chi connectivity index (χ1) is 8.32. The van der Waals surface area contributed by atoms with Crippen molar-refractivity contribution in [1.29, 1.82) is 0 Å². The van der Waals surface area contributed by atoms with Gasteiger partial charge in [-0.1, -0.05) is 20.8 Å². The van der Waals surface area contributed by atoms with Gasteiger partial charge in [0.05, 0.1) is 0 Å². The molecule has 0 aromatic rings. The lowest BCUT2D eigenvalue weighted by Crippen LogP contribution is -2.41. The molecule has 0 aliphatic carbocycles. The van der Waals surface area contributed by atoms with Crippen molar-refractivity contribution >= 4 is 10.2 Å². The van der Waals surface area contributed by atoms with Gasteiger partial charge in [-0.05, 0) is 31.8 Å². The molecule has 0 saturated carbocycles. The molecule has 0 heterocycles. The summed E-state index contributed by atoms with van der Waals surface area (Å²) in [6.07, 6.45) is 1.72. The Morgan fingerprint density at radius 2 is 1.67 bits per heavy atom. The highest BCUT2D eigenvalue weighted by molar-refractivity contribution is 7.86. The zero-order valence-corrected chi connectivity index (χ0v) is 13.3. The highest BCUT2D eigenvalue weighted by Crippen LogP contribution is 2.08. The Labute approximate surface area is 113 Å². The number of hydrogen-bond acceptors (Lipinski definition) is 3. The smallest absolute Gasteiger partial charge is 0.281 e. The molecule has 0 bridgehead atoms. The molecular weight excluding hydrogens is 250 g/mol. The lowest BCUT2D eigenvalue weighted by atomic mass is 10.1. The van der Waals surface area contributed by atoms with Gasteiger partial charge >= 0.3 is 0 Å². The average Bonchev–Trinajstić information content (AvgIpc) is 2.30. The summed E-state index contributed by atoms with van der Waals surface area (Å²) in [5.41, 5.74) is 0. The Kier molecular flexibility index (Phi) is 8.77. The minimum absolute atomic E-state index is 0.515. The number of rotatable bonds is 10. The van der Waals surface area contributed by atoms with Crippen molar-refractivity contribution in [2.24, 2.45) is 5.92 Å². The molecule has 0 saturated heterocycles. The maximum absolute atomic E-state index is 12.1. The first kappa shape index (κ1) is 17.8. The molecule has 0 amide bonds. The zero-order chi connectivity index (χ0) is 14.2. The van der Waals surface area contributed by atoms with Crippen LogP contribution in [0.2, 0.25) is 0 Å². The summed E-state index contributed by atoms with van der Waals surface area (Å²) in [5, 5.41) is 3.19. The van der Waals surface area contributed by atoms with Gasteiger partial charge in [0.1, 0.15) is 0 Å². The molecule has 0 rings (SSSR count). The Morgan fingerprint density at radius 3 is 2.17 bits per heavy atom. The quantitative estimate of drug-likeness (QED) is 0.610. The van der Waals surface area contributed by atoms with Crippen LogP contribution in [-0.2, 0) is 10.2 Å². The molecule has 0 aliphatic heterocycles. The van der Waals surface area contributed by atoms with Gasteiger partial charge in [0.2, 0.25) is 0 Å². The standard InChI is InChI=1S/C12H29N3O2S/c1-6-13-9-7-10-14(4)18(16,17)15(5)11-8-12(2)3/h12-13H,6-11H2,1-5H3. The minimum atomic E-state index is -3.28. The van der Waals surface area contributed by atoms with E-state index in [2.05, 4.69) is 19.2 Å². The predicted molar refractivity (Wildman–Crippen MR) is 76.8 cm³/mol. The molecule has 18 heavy (non-hydrogen) atoms. The van der Waals surface area contributed by atoms with Crippen molar-refractivity contribution in [3.63, 3.8) is 0 Å². The maximum atomic E-state index is 12.1. The molecule has 6 heteroatoms. The molecule has 0 atom stereocenters. The fourth-order valence-corrected chi connectivity index (χ4v) is 2.68. The van der Waals surface area contributed by atoms with E-state index in [-0.39, 0.29) is 0 Å². The highest BCUT2D eigenvalue weighted by Gasteiger charge is 2.22. The molecule has 0 fully saturated rings. The first-order valence-electron chi connectivity index (χ1n) is 6.70. The van der Waals surface area contributed by atoms with Crippen molar-refractivity contribution < 1.29 is 8.42 Å². The average molecular weight is 279 g/mol. The molecule has 0 aromatic carbocycles. The Bertz CT molecular complexity index is 304. The topological polar surface area (TPSA) is 52.7 Å². The summed E-state index contributed by atoms with van der Waals surface area (Å²) < 4.78 is 27.2. The third-order valence-corrected chi connectivity index (χ3v) is 4.83. The van der Waals surface area contributed by atoms with Gasteiger partial charge in [0, 0.05) is 27.2 Å². The van der Waals surface area contributed by atoms with Crippen LogP contribution in [0.3, 0.4) is 0 Å². The van der Waals surface area contributed by atoms with E-state index in [0.717, 1.165) is 25.9 Å². The summed E-state index contributed by atoms with van der Waals surface area (Å²) in [6.45, 7) is 9.15. The van der Waals surface area contributed by atoms with Crippen molar-refractivity contribution in [2.75, 3.05) is 40.3 Å². The van der Waals surface area contributed by atoms with Gasteiger partial charge < -0.3 is 5.32 Å². The van der Waals surface area contributed by atoms with Crippen LogP contribution in [-0.4, -0.2) is 57.3 Å². The van der Waals surface area contributed by atoms with Gasteiger partial charge in [-0.2, -0.15) is 17.0 Å². The second-order valence-electron chi connectivity index (χ2n) is 5.04. The van der Waals surface area contributed by atoms with Gasteiger partial charge in [0.25, 0.3) is 10.2 Å². The Hall–Kier alpha value is -0.170. The largest absolute Gasteiger partial charge is 0.317 e. The van der Waals surface area contributed by atoms with Gasteiger partial charge in [-0.3, -0.25) is 0 Å². The van der Waals surface area contributed by atoms with E-state index < -0.39 is 10.2 Å². The summed E-state index contributed by atoms with van der Waals surface area (Å²) in [6, 6.07) is 0. The van der Waals surface area contributed by atoms with Crippen molar-refractivity contribution in [3.8, 4) is 0 Å². The summed E-state index contributed by atoms with van der Waals surface area (Å²) in [4.78, 5) is 0. The number of hydrogen-bond donors (Lipinski definition) is 1. The lowest BCUT2D eigenvalue weighted by Gasteiger charge is -2.24.